The lowest BCUT2D eigenvalue weighted by atomic mass is 9.81. The topological polar surface area (TPSA) is 116 Å². The van der Waals surface area contributed by atoms with Crippen LogP contribution in [0.3, 0.4) is 0 Å². The number of nitrogens with zero attached hydrogens (tertiary/aromatic N) is 3. The number of benzene rings is 2. The van der Waals surface area contributed by atoms with Gasteiger partial charge in [0.2, 0.25) is 0 Å². The number of carbonyl (C=O) groups is 2. The molecule has 3 heterocycles. The summed E-state index contributed by atoms with van der Waals surface area (Å²) >= 11 is 0. The molecular weight excluding hydrogens is 493 g/mol. The molecule has 2 aromatic heterocycles. The van der Waals surface area contributed by atoms with Gasteiger partial charge in [0.25, 0.3) is 12.4 Å². The largest absolute Gasteiger partial charge is 0.573 e. The molecule has 0 aliphatic carbocycles. The minimum atomic E-state index is -4.80. The maximum absolute atomic E-state index is 13.4. The van der Waals surface area contributed by atoms with Crippen LogP contribution in [-0.2, 0) is 17.4 Å². The van der Waals surface area contributed by atoms with Gasteiger partial charge >= 0.3 is 6.36 Å². The monoisotopic (exact) mass is 514 g/mol. The van der Waals surface area contributed by atoms with E-state index >= 15 is 0 Å². The molecule has 192 valence electrons. The van der Waals surface area contributed by atoms with Gasteiger partial charge in [0.1, 0.15) is 22.7 Å². The average molecular weight is 514 g/mol. The van der Waals surface area contributed by atoms with Crippen molar-refractivity contribution in [3.63, 3.8) is 0 Å². The summed E-state index contributed by atoms with van der Waals surface area (Å²) in [6.45, 7) is 0.0292. The lowest BCUT2D eigenvalue weighted by Crippen LogP contribution is -2.50. The van der Waals surface area contributed by atoms with Gasteiger partial charge in [-0.25, -0.2) is 0 Å². The molecule has 0 saturated carbocycles. The summed E-state index contributed by atoms with van der Waals surface area (Å²) in [5.74, 6) is -0.222. The van der Waals surface area contributed by atoms with E-state index in [-0.39, 0.29) is 24.7 Å². The number of alkyl halides is 3. The third-order valence-electron chi connectivity index (χ3n) is 5.83. The zero-order chi connectivity index (χ0) is 26.6. The van der Waals surface area contributed by atoms with E-state index in [1.165, 1.54) is 24.3 Å². The maximum Gasteiger partial charge on any atom is 0.573 e. The zero-order valence-corrected chi connectivity index (χ0v) is 19.4. The number of rotatable bonds is 4. The molecule has 4 aromatic rings. The van der Waals surface area contributed by atoms with Crippen LogP contribution >= 0.6 is 0 Å². The van der Waals surface area contributed by atoms with Gasteiger partial charge in [-0.3, -0.25) is 19.3 Å². The van der Waals surface area contributed by atoms with E-state index in [1.54, 1.807) is 41.3 Å². The number of halogens is 3. The van der Waals surface area contributed by atoms with Crippen LogP contribution in [0.1, 0.15) is 28.0 Å². The van der Waals surface area contributed by atoms with E-state index in [0.717, 1.165) is 10.9 Å². The van der Waals surface area contributed by atoms with E-state index < -0.39 is 11.9 Å². The second kappa shape index (κ2) is 10.2. The zero-order valence-electron chi connectivity index (χ0n) is 19.4. The van der Waals surface area contributed by atoms with Crippen molar-refractivity contribution in [3.05, 3.63) is 83.8 Å². The minimum Gasteiger partial charge on any atom is -0.491 e. The van der Waals surface area contributed by atoms with Gasteiger partial charge in [-0.05, 0) is 48.0 Å². The summed E-state index contributed by atoms with van der Waals surface area (Å²) in [5, 5.41) is 15.0. The van der Waals surface area contributed by atoms with Gasteiger partial charge in [0, 0.05) is 30.6 Å². The molecule has 2 N–H and O–H groups in total. The summed E-state index contributed by atoms with van der Waals surface area (Å²) in [5.41, 5.74) is 1.21. The van der Waals surface area contributed by atoms with Gasteiger partial charge in [0.15, 0.2) is 0 Å². The Balaban J connectivity index is 0.00000102. The van der Waals surface area contributed by atoms with Crippen molar-refractivity contribution >= 4 is 23.3 Å². The van der Waals surface area contributed by atoms with Crippen LogP contribution in [0.25, 0.3) is 10.9 Å². The molecule has 9 nitrogen and oxygen atoms in total. The van der Waals surface area contributed by atoms with Gasteiger partial charge in [-0.2, -0.15) is 5.10 Å². The van der Waals surface area contributed by atoms with E-state index in [2.05, 4.69) is 20.1 Å². The number of aryl methyl sites for hydroxylation is 1. The van der Waals surface area contributed by atoms with Crippen LogP contribution in [0.15, 0.2) is 67.0 Å². The number of carbonyl (C=O) groups excluding carboxylic acids is 1. The number of ether oxygens (including phenoxy) is 2. The third-order valence-corrected chi connectivity index (χ3v) is 5.83. The Morgan fingerprint density at radius 2 is 1.95 bits per heavy atom. The van der Waals surface area contributed by atoms with Crippen LogP contribution in [0.5, 0.6) is 11.5 Å². The predicted molar refractivity (Wildman–Crippen MR) is 125 cm³/mol. The molecule has 1 atom stereocenters. The third kappa shape index (κ3) is 5.32. The summed E-state index contributed by atoms with van der Waals surface area (Å²) in [6, 6.07) is 14.1. The highest BCUT2D eigenvalue weighted by molar-refractivity contribution is 5.98. The normalized spacial score (nSPS) is 16.5. The standard InChI is InChI=1S/C24H19F3N4O3.CH2O2/c1-31-19-9-4-15(13-16(19)14-29-31)22(32)30-23(10-12-33-20-3-2-11-28-21(20)23)17-5-7-18(8-6-17)34-24(25,26)27;2-1-3/h2-9,11,13-14H,10,12H2,1H3,(H,30,32);1H,(H,2,3). The van der Waals surface area contributed by atoms with Gasteiger partial charge < -0.3 is 19.9 Å². The molecule has 1 amide bonds. The number of hydrogen-bond donors (Lipinski definition) is 2. The molecule has 0 spiro atoms. The highest BCUT2D eigenvalue weighted by atomic mass is 19.4. The minimum absolute atomic E-state index is 0.250. The van der Waals surface area contributed by atoms with Crippen LogP contribution in [0.4, 0.5) is 13.2 Å². The lowest BCUT2D eigenvalue weighted by molar-refractivity contribution is -0.274. The first-order chi connectivity index (χ1) is 17.7. The number of carboxylic acid groups (broad SMARTS) is 1. The van der Waals surface area contributed by atoms with Crippen molar-refractivity contribution in [1.82, 2.24) is 20.1 Å². The summed E-state index contributed by atoms with van der Waals surface area (Å²) in [4.78, 5) is 26.3. The number of fused-ring (bicyclic) bond motifs is 2. The highest BCUT2D eigenvalue weighted by Crippen LogP contribution is 2.41. The van der Waals surface area contributed by atoms with Crippen molar-refractivity contribution in [3.8, 4) is 11.5 Å². The first-order valence-corrected chi connectivity index (χ1v) is 10.9. The molecule has 0 radical (unpaired) electrons. The van der Waals surface area contributed by atoms with Crippen molar-refractivity contribution in [2.45, 2.75) is 18.3 Å². The predicted octanol–water partition coefficient (Wildman–Crippen LogP) is 4.02. The second-order valence-corrected chi connectivity index (χ2v) is 8.03. The van der Waals surface area contributed by atoms with Gasteiger partial charge in [-0.1, -0.05) is 12.1 Å². The van der Waals surface area contributed by atoms with Crippen molar-refractivity contribution in [2.24, 2.45) is 7.05 Å². The van der Waals surface area contributed by atoms with E-state index in [0.29, 0.717) is 29.0 Å². The summed E-state index contributed by atoms with van der Waals surface area (Å²) in [6.07, 6.45) is -1.22. The summed E-state index contributed by atoms with van der Waals surface area (Å²) < 4.78 is 49.3. The Bertz CT molecular complexity index is 1420. The molecule has 5 rings (SSSR count). The lowest BCUT2D eigenvalue weighted by Gasteiger charge is -2.39. The quantitative estimate of drug-likeness (QED) is 0.395. The molecule has 1 aliphatic rings. The molecule has 0 fully saturated rings. The van der Waals surface area contributed by atoms with E-state index in [4.69, 9.17) is 14.6 Å². The van der Waals surface area contributed by atoms with E-state index in [1.807, 2.05) is 13.1 Å². The highest BCUT2D eigenvalue weighted by Gasteiger charge is 2.43. The molecule has 12 heteroatoms. The average Bonchev–Trinajstić information content (AvgIpc) is 3.24. The molecule has 37 heavy (non-hydrogen) atoms. The number of amides is 1. The van der Waals surface area contributed by atoms with Crippen LogP contribution in [-0.4, -0.2) is 45.2 Å². The van der Waals surface area contributed by atoms with Gasteiger partial charge in [0.05, 0.1) is 18.3 Å². The van der Waals surface area contributed by atoms with Crippen LogP contribution in [0, 0.1) is 0 Å². The van der Waals surface area contributed by atoms with Crippen molar-refractivity contribution in [2.75, 3.05) is 6.61 Å². The summed E-state index contributed by atoms with van der Waals surface area (Å²) in [7, 11) is 1.81. The Hall–Kier alpha value is -4.61. The van der Waals surface area contributed by atoms with Crippen molar-refractivity contribution in [1.29, 1.82) is 0 Å². The molecule has 0 saturated heterocycles. The van der Waals surface area contributed by atoms with Gasteiger partial charge in [-0.15, -0.1) is 13.2 Å². The Kier molecular flexibility index (Phi) is 7.00. The maximum atomic E-state index is 13.4. The fourth-order valence-electron chi connectivity index (χ4n) is 4.25. The van der Waals surface area contributed by atoms with Crippen LogP contribution < -0.4 is 14.8 Å². The SMILES string of the molecule is Cn1ncc2cc(C(=O)NC3(c4ccc(OC(F)(F)F)cc4)CCOc4cccnc43)ccc21.O=CO. The first-order valence-electron chi connectivity index (χ1n) is 10.9. The van der Waals surface area contributed by atoms with E-state index in [9.17, 15) is 18.0 Å². The fraction of sp³-hybridized carbons (Fsp3) is 0.200. The number of nitrogens with one attached hydrogen (secondary N) is 1. The Labute approximate surface area is 208 Å². The smallest absolute Gasteiger partial charge is 0.491 e. The number of aromatic nitrogens is 3. The second-order valence-electron chi connectivity index (χ2n) is 8.03. The number of hydrogen-bond acceptors (Lipinski definition) is 6. The molecule has 0 bridgehead atoms. The van der Waals surface area contributed by atoms with Crippen LogP contribution in [0.2, 0.25) is 0 Å². The Morgan fingerprint density at radius 1 is 1.22 bits per heavy atom. The first kappa shape index (κ1) is 25.5. The fourth-order valence-corrected chi connectivity index (χ4v) is 4.25. The number of pyridine rings is 1. The Morgan fingerprint density at radius 3 is 2.65 bits per heavy atom. The molecule has 2 aromatic carbocycles. The molecule has 1 unspecified atom stereocenters. The van der Waals surface area contributed by atoms with Crippen molar-refractivity contribution < 1.29 is 37.3 Å². The molecular formula is C25H21F3N4O5. The molecule has 1 aliphatic heterocycles.